The fourth-order valence-electron chi connectivity index (χ4n) is 3.70. The van der Waals surface area contributed by atoms with Gasteiger partial charge in [-0.15, -0.1) is 0 Å². The number of esters is 1. The molecule has 0 unspecified atom stereocenters. The zero-order valence-corrected chi connectivity index (χ0v) is 16.2. The van der Waals surface area contributed by atoms with Gasteiger partial charge >= 0.3 is 5.97 Å². The third-order valence-electron chi connectivity index (χ3n) is 4.93. The van der Waals surface area contributed by atoms with Crippen molar-refractivity contribution in [3.05, 3.63) is 95.6 Å². The van der Waals surface area contributed by atoms with Gasteiger partial charge in [0.15, 0.2) is 0 Å². The molecule has 3 nitrogen and oxygen atoms in total. The molecule has 0 radical (unpaired) electrons. The minimum atomic E-state index is -0.274. The molecule has 0 spiro atoms. The number of carbonyl (C=O) groups excluding carboxylic acids is 1. The van der Waals surface area contributed by atoms with Crippen molar-refractivity contribution in [1.29, 1.82) is 0 Å². The molecule has 0 saturated carbocycles. The molecular weight excluding hydrogens is 346 g/mol. The van der Waals surface area contributed by atoms with Gasteiger partial charge in [-0.25, -0.2) is 4.79 Å². The molecule has 0 aliphatic rings. The maximum Gasteiger partial charge on any atom is 0.340 e. The minimum absolute atomic E-state index is 0.274. The highest BCUT2D eigenvalue weighted by molar-refractivity contribution is 6.10. The van der Waals surface area contributed by atoms with Crippen molar-refractivity contribution in [3.8, 4) is 11.3 Å². The zero-order valence-electron chi connectivity index (χ0n) is 16.2. The van der Waals surface area contributed by atoms with Crippen LogP contribution in [0.4, 0.5) is 0 Å². The molecule has 28 heavy (non-hydrogen) atoms. The van der Waals surface area contributed by atoms with E-state index >= 15 is 0 Å². The molecule has 0 bridgehead atoms. The largest absolute Gasteiger partial charge is 0.462 e. The van der Waals surface area contributed by atoms with Gasteiger partial charge in [0.05, 0.1) is 17.9 Å². The number of hydrogen-bond donors (Lipinski definition) is 0. The van der Waals surface area contributed by atoms with Gasteiger partial charge < -0.3 is 9.30 Å². The third-order valence-corrected chi connectivity index (χ3v) is 4.93. The van der Waals surface area contributed by atoms with Crippen molar-refractivity contribution in [3.63, 3.8) is 0 Å². The first-order chi connectivity index (χ1) is 13.7. The smallest absolute Gasteiger partial charge is 0.340 e. The first-order valence-electron chi connectivity index (χ1n) is 9.58. The number of carbonyl (C=O) groups is 1. The predicted octanol–water partition coefficient (Wildman–Crippen LogP) is 5.84. The summed E-state index contributed by atoms with van der Waals surface area (Å²) in [5.74, 6) is -0.274. The van der Waals surface area contributed by atoms with Crippen LogP contribution in [0.15, 0.2) is 78.9 Å². The minimum Gasteiger partial charge on any atom is -0.462 e. The molecule has 0 atom stereocenters. The van der Waals surface area contributed by atoms with Crippen LogP contribution < -0.4 is 0 Å². The Bertz CT molecular complexity index is 1110. The van der Waals surface area contributed by atoms with Crippen molar-refractivity contribution < 1.29 is 9.53 Å². The highest BCUT2D eigenvalue weighted by atomic mass is 16.5. The maximum absolute atomic E-state index is 13.0. The average molecular weight is 369 g/mol. The van der Waals surface area contributed by atoms with Crippen molar-refractivity contribution in [2.45, 2.75) is 20.4 Å². The lowest BCUT2D eigenvalue weighted by molar-refractivity contribution is 0.0529. The number of benzene rings is 3. The Labute approximate surface area is 165 Å². The second kappa shape index (κ2) is 7.73. The number of rotatable bonds is 5. The summed E-state index contributed by atoms with van der Waals surface area (Å²) in [7, 11) is 0. The Hall–Kier alpha value is -3.33. The van der Waals surface area contributed by atoms with Crippen LogP contribution in [0.5, 0.6) is 0 Å². The summed E-state index contributed by atoms with van der Waals surface area (Å²) in [6.07, 6.45) is 0. The number of hydrogen-bond acceptors (Lipinski definition) is 2. The molecule has 0 fully saturated rings. The van der Waals surface area contributed by atoms with Crippen LogP contribution in [0.25, 0.3) is 22.2 Å². The van der Waals surface area contributed by atoms with Gasteiger partial charge in [-0.1, -0.05) is 72.3 Å². The summed E-state index contributed by atoms with van der Waals surface area (Å²) in [4.78, 5) is 13.0. The Morgan fingerprint density at radius 1 is 0.929 bits per heavy atom. The summed E-state index contributed by atoms with van der Waals surface area (Å²) < 4.78 is 7.68. The predicted molar refractivity (Wildman–Crippen MR) is 114 cm³/mol. The molecule has 1 heterocycles. The van der Waals surface area contributed by atoms with Gasteiger partial charge in [0, 0.05) is 17.4 Å². The second-order valence-corrected chi connectivity index (χ2v) is 6.90. The fraction of sp³-hybridized carbons (Fsp3) is 0.160. The third kappa shape index (κ3) is 3.31. The van der Waals surface area contributed by atoms with Crippen LogP contribution in [0.1, 0.15) is 28.4 Å². The fourth-order valence-corrected chi connectivity index (χ4v) is 3.70. The van der Waals surface area contributed by atoms with Crippen molar-refractivity contribution in [1.82, 2.24) is 4.57 Å². The van der Waals surface area contributed by atoms with Crippen molar-refractivity contribution >= 4 is 16.9 Å². The monoisotopic (exact) mass is 369 g/mol. The van der Waals surface area contributed by atoms with Crippen LogP contribution in [-0.2, 0) is 11.3 Å². The Balaban J connectivity index is 2.04. The molecule has 3 aromatic carbocycles. The van der Waals surface area contributed by atoms with Gasteiger partial charge in [-0.05, 0) is 37.1 Å². The van der Waals surface area contributed by atoms with Crippen LogP contribution in [0.2, 0.25) is 0 Å². The van der Waals surface area contributed by atoms with Crippen LogP contribution in [0.3, 0.4) is 0 Å². The summed E-state index contributed by atoms with van der Waals surface area (Å²) >= 11 is 0. The Morgan fingerprint density at radius 3 is 2.29 bits per heavy atom. The van der Waals surface area contributed by atoms with E-state index < -0.39 is 0 Å². The van der Waals surface area contributed by atoms with E-state index in [0.717, 1.165) is 27.7 Å². The zero-order chi connectivity index (χ0) is 19.5. The van der Waals surface area contributed by atoms with Crippen molar-refractivity contribution in [2.24, 2.45) is 0 Å². The standard InChI is InChI=1S/C25H23NO2/c1-3-28-25(27)23-21-16-18(2)14-15-22(21)26(17-19-10-6-4-7-11-19)24(23)20-12-8-5-9-13-20/h4-16H,3,17H2,1-2H3. The highest BCUT2D eigenvalue weighted by Crippen LogP contribution is 2.35. The number of nitrogens with zero attached hydrogens (tertiary/aromatic N) is 1. The molecular formula is C25H23NO2. The van der Waals surface area contributed by atoms with E-state index in [1.165, 1.54) is 5.56 Å². The topological polar surface area (TPSA) is 31.2 Å². The molecule has 3 heteroatoms. The van der Waals surface area contributed by atoms with E-state index in [2.05, 4.69) is 34.9 Å². The molecule has 0 aliphatic heterocycles. The average Bonchev–Trinajstić information content (AvgIpc) is 3.03. The first-order valence-corrected chi connectivity index (χ1v) is 9.58. The normalized spacial score (nSPS) is 10.9. The molecule has 0 N–H and O–H groups in total. The Morgan fingerprint density at radius 2 is 1.61 bits per heavy atom. The lowest BCUT2D eigenvalue weighted by atomic mass is 10.0. The van der Waals surface area contributed by atoms with Gasteiger partial charge in [-0.2, -0.15) is 0 Å². The van der Waals surface area contributed by atoms with E-state index in [1.807, 2.05) is 62.4 Å². The lowest BCUT2D eigenvalue weighted by Crippen LogP contribution is -2.08. The number of ether oxygens (including phenoxy) is 1. The van der Waals surface area contributed by atoms with Crippen LogP contribution in [-0.4, -0.2) is 17.1 Å². The van der Waals surface area contributed by atoms with E-state index in [9.17, 15) is 4.79 Å². The quantitative estimate of drug-likeness (QED) is 0.414. The Kier molecular flexibility index (Phi) is 4.98. The number of fused-ring (bicyclic) bond motifs is 1. The molecule has 4 aromatic rings. The molecule has 4 rings (SSSR count). The SMILES string of the molecule is CCOC(=O)c1c(-c2ccccc2)n(Cc2ccccc2)c2ccc(C)cc12. The van der Waals surface area contributed by atoms with Crippen LogP contribution >= 0.6 is 0 Å². The highest BCUT2D eigenvalue weighted by Gasteiger charge is 2.24. The number of aromatic nitrogens is 1. The van der Waals surface area contributed by atoms with E-state index in [-0.39, 0.29) is 5.97 Å². The molecule has 140 valence electrons. The van der Waals surface area contributed by atoms with Gasteiger partial charge in [-0.3, -0.25) is 0 Å². The van der Waals surface area contributed by atoms with Crippen molar-refractivity contribution in [2.75, 3.05) is 6.61 Å². The summed E-state index contributed by atoms with van der Waals surface area (Å²) in [6, 6.07) is 26.7. The van der Waals surface area contributed by atoms with Gasteiger partial charge in [0.25, 0.3) is 0 Å². The molecule has 0 aliphatic carbocycles. The first kappa shape index (κ1) is 18.1. The van der Waals surface area contributed by atoms with Crippen LogP contribution in [0, 0.1) is 6.92 Å². The lowest BCUT2D eigenvalue weighted by Gasteiger charge is -2.13. The van der Waals surface area contributed by atoms with E-state index in [0.29, 0.717) is 18.7 Å². The number of aryl methyl sites for hydroxylation is 1. The summed E-state index contributed by atoms with van der Waals surface area (Å²) in [5.41, 5.74) is 5.90. The molecule has 0 saturated heterocycles. The molecule has 0 amide bonds. The maximum atomic E-state index is 13.0. The van der Waals surface area contributed by atoms with E-state index in [1.54, 1.807) is 0 Å². The molecule has 1 aromatic heterocycles. The summed E-state index contributed by atoms with van der Waals surface area (Å²) in [6.45, 7) is 4.92. The van der Waals surface area contributed by atoms with Gasteiger partial charge in [0.2, 0.25) is 0 Å². The van der Waals surface area contributed by atoms with Gasteiger partial charge in [0.1, 0.15) is 0 Å². The summed E-state index contributed by atoms with van der Waals surface area (Å²) in [5, 5.41) is 0.938. The second-order valence-electron chi connectivity index (χ2n) is 6.90. The van der Waals surface area contributed by atoms with E-state index in [4.69, 9.17) is 4.74 Å².